The number of sulfonamides is 1. The van der Waals surface area contributed by atoms with Gasteiger partial charge in [0.2, 0.25) is 15.9 Å². The maximum absolute atomic E-state index is 12.5. The third-order valence-electron chi connectivity index (χ3n) is 3.95. The molecule has 0 aliphatic carbocycles. The summed E-state index contributed by atoms with van der Waals surface area (Å²) in [6, 6.07) is 9.39. The Morgan fingerprint density at radius 3 is 2.50 bits per heavy atom. The van der Waals surface area contributed by atoms with Gasteiger partial charge in [0.25, 0.3) is 0 Å². The molecule has 0 radical (unpaired) electrons. The number of furan rings is 1. The molecule has 142 valence electrons. The van der Waals surface area contributed by atoms with Crippen molar-refractivity contribution in [1.82, 2.24) is 9.21 Å². The number of rotatable bonds is 7. The van der Waals surface area contributed by atoms with Crippen LogP contribution in [-0.2, 0) is 21.4 Å². The van der Waals surface area contributed by atoms with Crippen LogP contribution in [0.25, 0.3) is 0 Å². The number of anilines is 1. The Bertz CT molecular complexity index is 880. The van der Waals surface area contributed by atoms with Crippen molar-refractivity contribution in [2.24, 2.45) is 0 Å². The second-order valence-corrected chi connectivity index (χ2v) is 9.03. The number of benzene rings is 1. The van der Waals surface area contributed by atoms with E-state index in [-0.39, 0.29) is 10.8 Å². The van der Waals surface area contributed by atoms with Crippen LogP contribution in [0.5, 0.6) is 0 Å². The molecule has 0 fully saturated rings. The first-order valence-corrected chi connectivity index (χ1v) is 10.1. The smallest absolute Gasteiger partial charge is 0.242 e. The number of nitrogens with zero attached hydrogens (tertiary/aromatic N) is 2. The van der Waals surface area contributed by atoms with E-state index in [9.17, 15) is 13.2 Å². The number of hydrogen-bond donors (Lipinski definition) is 1. The molecule has 2 rings (SSSR count). The lowest BCUT2D eigenvalue weighted by Gasteiger charge is -2.23. The maximum Gasteiger partial charge on any atom is 0.242 e. The highest BCUT2D eigenvalue weighted by Gasteiger charge is 2.21. The van der Waals surface area contributed by atoms with E-state index in [1.165, 1.54) is 26.2 Å². The molecule has 0 spiro atoms. The molecule has 2 aromatic rings. The molecule has 1 heterocycles. The van der Waals surface area contributed by atoms with Crippen LogP contribution in [0.4, 0.5) is 5.69 Å². The van der Waals surface area contributed by atoms with Crippen LogP contribution in [0.3, 0.4) is 0 Å². The standard InChI is InChI=1S/C17H22BrN3O4S/c1-12(21(4)11-14-8-9-16(18)25-14)17(22)19-13-6-5-7-15(10-13)26(23,24)20(2)3/h5-10,12H,11H2,1-4H3,(H,19,22). The third-order valence-corrected chi connectivity index (χ3v) is 6.19. The van der Waals surface area contributed by atoms with Gasteiger partial charge in [-0.3, -0.25) is 9.69 Å². The first kappa shape index (κ1) is 20.6. The Hall–Kier alpha value is -1.68. The Morgan fingerprint density at radius 2 is 1.92 bits per heavy atom. The highest BCUT2D eigenvalue weighted by atomic mass is 79.9. The molecule has 0 aliphatic rings. The van der Waals surface area contributed by atoms with Crippen molar-refractivity contribution in [2.75, 3.05) is 26.5 Å². The fourth-order valence-electron chi connectivity index (χ4n) is 2.21. The monoisotopic (exact) mass is 443 g/mol. The molecule has 1 aromatic carbocycles. The van der Waals surface area contributed by atoms with E-state index in [4.69, 9.17) is 4.42 Å². The lowest BCUT2D eigenvalue weighted by molar-refractivity contribution is -0.120. The van der Waals surface area contributed by atoms with Gasteiger partial charge in [0.15, 0.2) is 4.67 Å². The normalized spacial score (nSPS) is 13.2. The van der Waals surface area contributed by atoms with Crippen LogP contribution in [0.15, 0.2) is 50.4 Å². The molecule has 1 N–H and O–H groups in total. The Kier molecular flexibility index (Phi) is 6.62. The molecule has 1 aromatic heterocycles. The van der Waals surface area contributed by atoms with Gasteiger partial charge in [0, 0.05) is 19.8 Å². The maximum atomic E-state index is 12.5. The predicted molar refractivity (Wildman–Crippen MR) is 103 cm³/mol. The number of carbonyl (C=O) groups is 1. The van der Waals surface area contributed by atoms with Crippen molar-refractivity contribution in [3.8, 4) is 0 Å². The molecular formula is C17H22BrN3O4S. The van der Waals surface area contributed by atoms with Crippen molar-refractivity contribution < 1.29 is 17.6 Å². The van der Waals surface area contributed by atoms with Crippen LogP contribution in [0.2, 0.25) is 0 Å². The van der Waals surface area contributed by atoms with Gasteiger partial charge in [-0.15, -0.1) is 0 Å². The van der Waals surface area contributed by atoms with E-state index in [1.807, 2.05) is 18.0 Å². The molecule has 7 nitrogen and oxygen atoms in total. The van der Waals surface area contributed by atoms with E-state index in [2.05, 4.69) is 21.2 Å². The molecular weight excluding hydrogens is 422 g/mol. The SMILES string of the molecule is CC(C(=O)Nc1cccc(S(=O)(=O)N(C)C)c1)N(C)Cc1ccc(Br)o1. The van der Waals surface area contributed by atoms with Gasteiger partial charge in [-0.05, 0) is 60.2 Å². The van der Waals surface area contributed by atoms with Crippen LogP contribution in [0, 0.1) is 0 Å². The van der Waals surface area contributed by atoms with Gasteiger partial charge >= 0.3 is 0 Å². The summed E-state index contributed by atoms with van der Waals surface area (Å²) in [5.41, 5.74) is 0.430. The first-order chi connectivity index (χ1) is 12.1. The summed E-state index contributed by atoms with van der Waals surface area (Å²) in [5.74, 6) is 0.496. The van der Waals surface area contributed by atoms with Gasteiger partial charge in [0.05, 0.1) is 17.5 Å². The summed E-state index contributed by atoms with van der Waals surface area (Å²) in [6.07, 6.45) is 0. The quantitative estimate of drug-likeness (QED) is 0.710. The minimum atomic E-state index is -3.56. The predicted octanol–water partition coefficient (Wildman–Crippen LogP) is 2.75. The van der Waals surface area contributed by atoms with Crippen molar-refractivity contribution >= 4 is 37.5 Å². The number of halogens is 1. The second-order valence-electron chi connectivity index (χ2n) is 6.10. The number of amides is 1. The summed E-state index contributed by atoms with van der Waals surface area (Å²) in [5, 5.41) is 2.76. The molecule has 0 bridgehead atoms. The minimum Gasteiger partial charge on any atom is -0.453 e. The zero-order chi connectivity index (χ0) is 19.5. The lowest BCUT2D eigenvalue weighted by Crippen LogP contribution is -2.39. The fraction of sp³-hybridized carbons (Fsp3) is 0.353. The summed E-state index contributed by atoms with van der Waals surface area (Å²) in [7, 11) is 1.18. The van der Waals surface area contributed by atoms with Gasteiger partial charge in [0.1, 0.15) is 5.76 Å². The van der Waals surface area contributed by atoms with E-state index in [1.54, 1.807) is 25.1 Å². The van der Waals surface area contributed by atoms with Gasteiger partial charge in [-0.25, -0.2) is 12.7 Å². The summed E-state index contributed by atoms with van der Waals surface area (Å²) < 4.78 is 31.6. The van der Waals surface area contributed by atoms with Crippen molar-refractivity contribution in [3.63, 3.8) is 0 Å². The van der Waals surface area contributed by atoms with Crippen LogP contribution < -0.4 is 5.32 Å². The molecule has 1 amide bonds. The molecule has 0 saturated carbocycles. The molecule has 0 saturated heterocycles. The largest absolute Gasteiger partial charge is 0.453 e. The average Bonchev–Trinajstić information content (AvgIpc) is 2.98. The van der Waals surface area contributed by atoms with E-state index < -0.39 is 16.1 Å². The highest BCUT2D eigenvalue weighted by molar-refractivity contribution is 9.10. The highest BCUT2D eigenvalue weighted by Crippen LogP contribution is 2.19. The average molecular weight is 444 g/mol. The number of likely N-dealkylation sites (N-methyl/N-ethyl adjacent to an activating group) is 1. The molecule has 1 unspecified atom stereocenters. The first-order valence-electron chi connectivity index (χ1n) is 7.89. The zero-order valence-electron chi connectivity index (χ0n) is 15.1. The van der Waals surface area contributed by atoms with E-state index in [0.717, 1.165) is 10.1 Å². The topological polar surface area (TPSA) is 82.9 Å². The summed E-state index contributed by atoms with van der Waals surface area (Å²) in [4.78, 5) is 14.5. The van der Waals surface area contributed by atoms with Crippen molar-refractivity contribution in [1.29, 1.82) is 0 Å². The number of hydrogen-bond acceptors (Lipinski definition) is 5. The molecule has 0 aliphatic heterocycles. The molecule has 9 heteroatoms. The van der Waals surface area contributed by atoms with Crippen LogP contribution in [0.1, 0.15) is 12.7 Å². The Labute approximate surface area is 162 Å². The van der Waals surface area contributed by atoms with Gasteiger partial charge < -0.3 is 9.73 Å². The van der Waals surface area contributed by atoms with Crippen molar-refractivity contribution in [2.45, 2.75) is 24.4 Å². The number of nitrogens with one attached hydrogen (secondary N) is 1. The van der Waals surface area contributed by atoms with Crippen molar-refractivity contribution in [3.05, 3.63) is 46.8 Å². The summed E-state index contributed by atoms with van der Waals surface area (Å²) in [6.45, 7) is 2.24. The lowest BCUT2D eigenvalue weighted by atomic mass is 10.2. The summed E-state index contributed by atoms with van der Waals surface area (Å²) >= 11 is 3.25. The molecule has 1 atom stereocenters. The fourth-order valence-corrected chi connectivity index (χ4v) is 3.50. The third kappa shape index (κ3) is 4.94. The Balaban J connectivity index is 2.07. The van der Waals surface area contributed by atoms with E-state index in [0.29, 0.717) is 16.9 Å². The van der Waals surface area contributed by atoms with E-state index >= 15 is 0 Å². The number of carbonyl (C=O) groups excluding carboxylic acids is 1. The van der Waals surface area contributed by atoms with Crippen LogP contribution in [-0.4, -0.2) is 50.7 Å². The zero-order valence-corrected chi connectivity index (χ0v) is 17.5. The van der Waals surface area contributed by atoms with Gasteiger partial charge in [-0.1, -0.05) is 6.07 Å². The molecule has 26 heavy (non-hydrogen) atoms. The van der Waals surface area contributed by atoms with Crippen LogP contribution >= 0.6 is 15.9 Å². The van der Waals surface area contributed by atoms with Gasteiger partial charge in [-0.2, -0.15) is 0 Å². The second kappa shape index (κ2) is 8.34. The Morgan fingerprint density at radius 1 is 1.23 bits per heavy atom. The minimum absolute atomic E-state index is 0.127.